The van der Waals surface area contributed by atoms with E-state index in [2.05, 4.69) is 10.6 Å². The van der Waals surface area contributed by atoms with Crippen LogP contribution in [-0.2, 0) is 6.54 Å². The molecule has 1 amide bonds. The van der Waals surface area contributed by atoms with Crippen LogP contribution in [0.1, 0.15) is 27.0 Å². The minimum absolute atomic E-state index is 0.127. The number of aryl methyl sites for hydroxylation is 1. The molecule has 0 spiro atoms. The van der Waals surface area contributed by atoms with Crippen molar-refractivity contribution >= 4 is 11.6 Å². The third-order valence-electron chi connectivity index (χ3n) is 3.48. The molecule has 0 aliphatic heterocycles. The maximum absolute atomic E-state index is 13.7. The minimum Gasteiger partial charge on any atom is -0.381 e. The fourth-order valence-corrected chi connectivity index (χ4v) is 2.24. The van der Waals surface area contributed by atoms with Gasteiger partial charge in [0, 0.05) is 30.4 Å². The van der Waals surface area contributed by atoms with E-state index in [0.29, 0.717) is 17.7 Å². The summed E-state index contributed by atoms with van der Waals surface area (Å²) in [6.45, 7) is 4.19. The molecule has 0 aromatic heterocycles. The standard InChI is InChI=1S/C17H19FN2O/c1-11-7-8-15(18)13(9-11)10-20-16-6-4-5-14(12(16)2)17(21)19-3/h4-9,20H,10H2,1-3H3,(H,19,21). The van der Waals surface area contributed by atoms with Gasteiger partial charge in [0.25, 0.3) is 5.91 Å². The second-order valence-corrected chi connectivity index (χ2v) is 5.01. The average molecular weight is 286 g/mol. The minimum atomic E-state index is -0.229. The molecule has 0 saturated heterocycles. The lowest BCUT2D eigenvalue weighted by molar-refractivity contribution is 0.0962. The van der Waals surface area contributed by atoms with E-state index < -0.39 is 0 Å². The van der Waals surface area contributed by atoms with Crippen molar-refractivity contribution in [2.75, 3.05) is 12.4 Å². The highest BCUT2D eigenvalue weighted by Gasteiger charge is 2.10. The first kappa shape index (κ1) is 15.0. The molecular formula is C17H19FN2O. The number of anilines is 1. The van der Waals surface area contributed by atoms with Gasteiger partial charge in [-0.2, -0.15) is 0 Å². The summed E-state index contributed by atoms with van der Waals surface area (Å²) in [6.07, 6.45) is 0. The number of carbonyl (C=O) groups excluding carboxylic acids is 1. The molecule has 0 saturated carbocycles. The van der Waals surface area contributed by atoms with E-state index in [4.69, 9.17) is 0 Å². The van der Waals surface area contributed by atoms with E-state index in [0.717, 1.165) is 16.8 Å². The normalized spacial score (nSPS) is 10.3. The van der Waals surface area contributed by atoms with Crippen molar-refractivity contribution < 1.29 is 9.18 Å². The van der Waals surface area contributed by atoms with Gasteiger partial charge in [0.15, 0.2) is 0 Å². The predicted molar refractivity (Wildman–Crippen MR) is 83.0 cm³/mol. The van der Waals surface area contributed by atoms with Crippen LogP contribution in [-0.4, -0.2) is 13.0 Å². The Bertz CT molecular complexity index is 668. The molecule has 2 N–H and O–H groups in total. The van der Waals surface area contributed by atoms with Crippen LogP contribution < -0.4 is 10.6 Å². The molecule has 3 nitrogen and oxygen atoms in total. The van der Waals surface area contributed by atoms with Gasteiger partial charge in [0.05, 0.1) is 0 Å². The zero-order valence-corrected chi connectivity index (χ0v) is 12.5. The number of rotatable bonds is 4. The SMILES string of the molecule is CNC(=O)c1cccc(NCc2cc(C)ccc2F)c1C. The number of amides is 1. The van der Waals surface area contributed by atoms with E-state index in [-0.39, 0.29) is 11.7 Å². The highest BCUT2D eigenvalue weighted by Crippen LogP contribution is 2.20. The van der Waals surface area contributed by atoms with Gasteiger partial charge < -0.3 is 10.6 Å². The van der Waals surface area contributed by atoms with Gasteiger partial charge in [-0.25, -0.2) is 4.39 Å². The Labute approximate surface area is 124 Å². The number of hydrogen-bond donors (Lipinski definition) is 2. The molecule has 2 aromatic rings. The van der Waals surface area contributed by atoms with Crippen LogP contribution in [0.5, 0.6) is 0 Å². The molecule has 0 fully saturated rings. The first-order chi connectivity index (χ1) is 10.0. The number of hydrogen-bond acceptors (Lipinski definition) is 2. The van der Waals surface area contributed by atoms with Gasteiger partial charge >= 0.3 is 0 Å². The monoisotopic (exact) mass is 286 g/mol. The molecule has 0 atom stereocenters. The van der Waals surface area contributed by atoms with Crippen molar-refractivity contribution in [1.82, 2.24) is 5.32 Å². The van der Waals surface area contributed by atoms with E-state index in [1.165, 1.54) is 6.07 Å². The zero-order chi connectivity index (χ0) is 15.4. The van der Waals surface area contributed by atoms with Crippen molar-refractivity contribution in [1.29, 1.82) is 0 Å². The van der Waals surface area contributed by atoms with Gasteiger partial charge in [-0.3, -0.25) is 4.79 Å². The summed E-state index contributed by atoms with van der Waals surface area (Å²) in [5.41, 5.74) is 3.93. The largest absolute Gasteiger partial charge is 0.381 e. The number of nitrogens with one attached hydrogen (secondary N) is 2. The molecule has 4 heteroatoms. The Balaban J connectivity index is 2.21. The fraction of sp³-hybridized carbons (Fsp3) is 0.235. The van der Waals surface area contributed by atoms with Gasteiger partial charge in [-0.1, -0.05) is 23.8 Å². The molecule has 0 radical (unpaired) electrons. The van der Waals surface area contributed by atoms with Gasteiger partial charge in [0.1, 0.15) is 5.82 Å². The summed E-state index contributed by atoms with van der Waals surface area (Å²) in [7, 11) is 1.60. The molecule has 0 aliphatic rings. The number of halogens is 1. The van der Waals surface area contributed by atoms with Crippen molar-refractivity contribution in [3.63, 3.8) is 0 Å². The van der Waals surface area contributed by atoms with Crippen LogP contribution in [0.4, 0.5) is 10.1 Å². The van der Waals surface area contributed by atoms with Crippen LogP contribution in [0.3, 0.4) is 0 Å². The first-order valence-corrected chi connectivity index (χ1v) is 6.83. The highest BCUT2D eigenvalue weighted by molar-refractivity contribution is 5.96. The van der Waals surface area contributed by atoms with E-state index in [1.807, 2.05) is 32.0 Å². The summed E-state index contributed by atoms with van der Waals surface area (Å²) in [4.78, 5) is 11.8. The maximum atomic E-state index is 13.7. The van der Waals surface area contributed by atoms with E-state index in [9.17, 15) is 9.18 Å². The van der Waals surface area contributed by atoms with Crippen molar-refractivity contribution in [2.24, 2.45) is 0 Å². The lowest BCUT2D eigenvalue weighted by Gasteiger charge is -2.13. The summed E-state index contributed by atoms with van der Waals surface area (Å²) in [6, 6.07) is 10.5. The Morgan fingerprint density at radius 1 is 1.19 bits per heavy atom. The summed E-state index contributed by atoms with van der Waals surface area (Å²) in [5, 5.41) is 5.81. The van der Waals surface area contributed by atoms with Crippen LogP contribution in [0.25, 0.3) is 0 Å². The Morgan fingerprint density at radius 2 is 1.95 bits per heavy atom. The van der Waals surface area contributed by atoms with E-state index in [1.54, 1.807) is 19.2 Å². The molecule has 2 aromatic carbocycles. The fourth-order valence-electron chi connectivity index (χ4n) is 2.24. The average Bonchev–Trinajstić information content (AvgIpc) is 2.48. The summed E-state index contributed by atoms with van der Waals surface area (Å²) >= 11 is 0. The molecule has 0 aliphatic carbocycles. The Kier molecular flexibility index (Phi) is 4.58. The second-order valence-electron chi connectivity index (χ2n) is 5.01. The Hall–Kier alpha value is -2.36. The number of benzene rings is 2. The van der Waals surface area contributed by atoms with Crippen LogP contribution >= 0.6 is 0 Å². The molecule has 0 bridgehead atoms. The van der Waals surface area contributed by atoms with Gasteiger partial charge in [0.2, 0.25) is 0 Å². The van der Waals surface area contributed by atoms with Crippen molar-refractivity contribution in [3.05, 3.63) is 64.5 Å². The van der Waals surface area contributed by atoms with Crippen LogP contribution in [0.15, 0.2) is 36.4 Å². The lowest BCUT2D eigenvalue weighted by atomic mass is 10.1. The summed E-state index contributed by atoms with van der Waals surface area (Å²) in [5.74, 6) is -0.355. The number of carbonyl (C=O) groups is 1. The molecule has 0 unspecified atom stereocenters. The molecule has 2 rings (SSSR count). The van der Waals surface area contributed by atoms with Gasteiger partial charge in [-0.05, 0) is 37.6 Å². The molecular weight excluding hydrogens is 267 g/mol. The van der Waals surface area contributed by atoms with Crippen LogP contribution in [0.2, 0.25) is 0 Å². The van der Waals surface area contributed by atoms with Crippen molar-refractivity contribution in [3.8, 4) is 0 Å². The predicted octanol–water partition coefficient (Wildman–Crippen LogP) is 3.41. The third kappa shape index (κ3) is 3.40. The summed E-state index contributed by atoms with van der Waals surface area (Å²) < 4.78 is 13.7. The quantitative estimate of drug-likeness (QED) is 0.904. The van der Waals surface area contributed by atoms with Crippen molar-refractivity contribution in [2.45, 2.75) is 20.4 Å². The van der Waals surface area contributed by atoms with Crippen LogP contribution in [0, 0.1) is 19.7 Å². The molecule has 21 heavy (non-hydrogen) atoms. The lowest BCUT2D eigenvalue weighted by Crippen LogP contribution is -2.19. The molecule has 110 valence electrons. The molecule has 0 heterocycles. The first-order valence-electron chi connectivity index (χ1n) is 6.83. The smallest absolute Gasteiger partial charge is 0.251 e. The maximum Gasteiger partial charge on any atom is 0.251 e. The zero-order valence-electron chi connectivity index (χ0n) is 12.5. The third-order valence-corrected chi connectivity index (χ3v) is 3.48. The van der Waals surface area contributed by atoms with Gasteiger partial charge in [-0.15, -0.1) is 0 Å². The highest BCUT2D eigenvalue weighted by atomic mass is 19.1. The second kappa shape index (κ2) is 6.39. The Morgan fingerprint density at radius 3 is 2.67 bits per heavy atom. The topological polar surface area (TPSA) is 41.1 Å². The van der Waals surface area contributed by atoms with E-state index >= 15 is 0 Å².